The monoisotopic (exact) mass is 283 g/mol. The molecule has 0 atom stereocenters. The van der Waals surface area contributed by atoms with Crippen LogP contribution < -0.4 is 5.73 Å². The summed E-state index contributed by atoms with van der Waals surface area (Å²) in [5.74, 6) is -0.911. The minimum atomic E-state index is -0.649. The van der Waals surface area contributed by atoms with Gasteiger partial charge in [-0.1, -0.05) is 11.6 Å². The van der Waals surface area contributed by atoms with E-state index in [4.69, 9.17) is 26.5 Å². The number of furan rings is 1. The van der Waals surface area contributed by atoms with E-state index in [-0.39, 0.29) is 28.8 Å². The lowest BCUT2D eigenvalue weighted by molar-refractivity contribution is 0.0493. The van der Waals surface area contributed by atoms with Gasteiger partial charge in [-0.05, 0) is 25.1 Å². The molecule has 1 heterocycles. The van der Waals surface area contributed by atoms with E-state index < -0.39 is 11.8 Å². The van der Waals surface area contributed by atoms with Crippen LogP contribution >= 0.6 is 11.6 Å². The zero-order valence-electron chi connectivity index (χ0n) is 10.1. The maximum atomic E-state index is 13.0. The van der Waals surface area contributed by atoms with Crippen molar-refractivity contribution in [3.05, 3.63) is 40.9 Å². The topological polar surface area (TPSA) is 65.5 Å². The Hall–Kier alpha value is -2.01. The number of nitrogen functional groups attached to an aromatic ring is 1. The van der Waals surface area contributed by atoms with Crippen LogP contribution in [0.1, 0.15) is 17.5 Å². The molecule has 0 fully saturated rings. The van der Waals surface area contributed by atoms with Crippen molar-refractivity contribution in [3.63, 3.8) is 0 Å². The van der Waals surface area contributed by atoms with Gasteiger partial charge in [0.15, 0.2) is 0 Å². The number of nitrogens with two attached hydrogens (primary N) is 1. The molecular weight excluding hydrogens is 273 g/mol. The number of rotatable bonds is 3. The highest BCUT2D eigenvalue weighted by Gasteiger charge is 2.19. The number of hydrogen-bond acceptors (Lipinski definition) is 4. The largest absolute Gasteiger partial charge is 0.460 e. The van der Waals surface area contributed by atoms with Crippen LogP contribution in [0.15, 0.2) is 28.7 Å². The van der Waals surface area contributed by atoms with Crippen LogP contribution in [0.3, 0.4) is 0 Å². The molecule has 100 valence electrons. The maximum Gasteiger partial charge on any atom is 0.376 e. The van der Waals surface area contributed by atoms with Crippen molar-refractivity contribution in [1.29, 1.82) is 0 Å². The molecule has 0 aliphatic rings. The summed E-state index contributed by atoms with van der Waals surface area (Å²) in [5, 5.41) is 0.171. The summed E-state index contributed by atoms with van der Waals surface area (Å²) < 4.78 is 23.1. The summed E-state index contributed by atoms with van der Waals surface area (Å²) in [6.07, 6.45) is 0. The molecule has 0 spiro atoms. The van der Waals surface area contributed by atoms with Crippen molar-refractivity contribution in [2.45, 2.75) is 6.92 Å². The normalized spacial score (nSPS) is 10.5. The first-order valence-corrected chi connectivity index (χ1v) is 5.92. The molecule has 0 aliphatic heterocycles. The van der Waals surface area contributed by atoms with Crippen molar-refractivity contribution in [3.8, 4) is 11.3 Å². The standard InChI is InChI=1S/C13H11ClFNO3/c1-2-18-13(17)12-10(16)6-11(19-12)8-4-3-7(15)5-9(8)14/h3-6H,2,16H2,1H3. The lowest BCUT2D eigenvalue weighted by Gasteiger charge is -2.01. The summed E-state index contributed by atoms with van der Waals surface area (Å²) in [6.45, 7) is 1.89. The van der Waals surface area contributed by atoms with E-state index in [0.717, 1.165) is 6.07 Å². The van der Waals surface area contributed by atoms with Gasteiger partial charge in [-0.25, -0.2) is 9.18 Å². The molecule has 2 rings (SSSR count). The van der Waals surface area contributed by atoms with Crippen molar-refractivity contribution in [2.24, 2.45) is 0 Å². The highest BCUT2D eigenvalue weighted by molar-refractivity contribution is 6.33. The molecule has 0 saturated carbocycles. The van der Waals surface area contributed by atoms with Crippen molar-refractivity contribution < 1.29 is 18.3 Å². The van der Waals surface area contributed by atoms with E-state index in [1.165, 1.54) is 18.2 Å². The molecular formula is C13H11ClFNO3. The van der Waals surface area contributed by atoms with Gasteiger partial charge in [0.1, 0.15) is 11.6 Å². The molecule has 19 heavy (non-hydrogen) atoms. The Kier molecular flexibility index (Phi) is 3.76. The van der Waals surface area contributed by atoms with Gasteiger partial charge in [0.25, 0.3) is 0 Å². The van der Waals surface area contributed by atoms with Crippen LogP contribution in [0, 0.1) is 5.82 Å². The van der Waals surface area contributed by atoms with Crippen LogP contribution in [0.25, 0.3) is 11.3 Å². The van der Waals surface area contributed by atoms with Crippen LogP contribution in [0.2, 0.25) is 5.02 Å². The quantitative estimate of drug-likeness (QED) is 0.876. The van der Waals surface area contributed by atoms with E-state index >= 15 is 0 Å². The molecule has 4 nitrogen and oxygen atoms in total. The second-order valence-corrected chi connectivity index (χ2v) is 4.15. The van der Waals surface area contributed by atoms with Crippen molar-refractivity contribution in [1.82, 2.24) is 0 Å². The summed E-state index contributed by atoms with van der Waals surface area (Å²) in [7, 11) is 0. The molecule has 1 aromatic heterocycles. The Bertz CT molecular complexity index is 624. The van der Waals surface area contributed by atoms with Gasteiger partial charge in [0, 0.05) is 11.6 Å². The first-order chi connectivity index (χ1) is 9.02. The third kappa shape index (κ3) is 2.71. The first kappa shape index (κ1) is 13.4. The molecule has 0 amide bonds. The minimum Gasteiger partial charge on any atom is -0.460 e. The van der Waals surface area contributed by atoms with E-state index in [1.54, 1.807) is 6.92 Å². The van der Waals surface area contributed by atoms with Crippen LogP contribution in [0.5, 0.6) is 0 Å². The predicted octanol–water partition coefficient (Wildman–Crippen LogP) is 3.50. The average molecular weight is 284 g/mol. The summed E-state index contributed by atoms with van der Waals surface area (Å²) in [4.78, 5) is 11.6. The maximum absolute atomic E-state index is 13.0. The first-order valence-electron chi connectivity index (χ1n) is 5.54. The zero-order valence-corrected chi connectivity index (χ0v) is 10.8. The molecule has 1 aromatic carbocycles. The average Bonchev–Trinajstić information content (AvgIpc) is 2.71. The number of anilines is 1. The fraction of sp³-hybridized carbons (Fsp3) is 0.154. The Morgan fingerprint density at radius 1 is 1.47 bits per heavy atom. The van der Waals surface area contributed by atoms with Gasteiger partial charge in [0.2, 0.25) is 5.76 Å². The SMILES string of the molecule is CCOC(=O)c1oc(-c2ccc(F)cc2Cl)cc1N. The van der Waals surface area contributed by atoms with Gasteiger partial charge in [-0.15, -0.1) is 0 Å². The molecule has 2 N–H and O–H groups in total. The lowest BCUT2D eigenvalue weighted by atomic mass is 10.1. The van der Waals surface area contributed by atoms with Gasteiger partial charge >= 0.3 is 5.97 Å². The minimum absolute atomic E-state index is 0.0859. The molecule has 2 aromatic rings. The van der Waals surface area contributed by atoms with E-state index in [1.807, 2.05) is 0 Å². The number of halogens is 2. The number of ether oxygens (including phenoxy) is 1. The Morgan fingerprint density at radius 2 is 2.21 bits per heavy atom. The lowest BCUT2D eigenvalue weighted by Crippen LogP contribution is -2.05. The Morgan fingerprint density at radius 3 is 2.84 bits per heavy atom. The number of esters is 1. The van der Waals surface area contributed by atoms with E-state index in [0.29, 0.717) is 5.56 Å². The highest BCUT2D eigenvalue weighted by Crippen LogP contribution is 2.33. The fourth-order valence-corrected chi connectivity index (χ4v) is 1.84. The smallest absolute Gasteiger partial charge is 0.376 e. The van der Waals surface area contributed by atoms with Crippen LogP contribution in [-0.2, 0) is 4.74 Å². The molecule has 0 saturated heterocycles. The molecule has 0 unspecified atom stereocenters. The van der Waals surface area contributed by atoms with Gasteiger partial charge in [-0.3, -0.25) is 0 Å². The van der Waals surface area contributed by atoms with Crippen LogP contribution in [0.4, 0.5) is 10.1 Å². The number of carbonyl (C=O) groups is 1. The van der Waals surface area contributed by atoms with Crippen molar-refractivity contribution >= 4 is 23.3 Å². The summed E-state index contributed by atoms with van der Waals surface area (Å²) in [6, 6.07) is 5.29. The predicted molar refractivity (Wildman–Crippen MR) is 69.5 cm³/mol. The second-order valence-electron chi connectivity index (χ2n) is 3.74. The molecule has 0 bridgehead atoms. The molecule has 0 aliphatic carbocycles. The fourth-order valence-electron chi connectivity index (χ4n) is 1.58. The third-order valence-electron chi connectivity index (χ3n) is 2.42. The van der Waals surface area contributed by atoms with E-state index in [9.17, 15) is 9.18 Å². The van der Waals surface area contributed by atoms with Gasteiger partial charge in [-0.2, -0.15) is 0 Å². The summed E-state index contributed by atoms with van der Waals surface area (Å²) in [5.41, 5.74) is 6.27. The van der Waals surface area contributed by atoms with Gasteiger partial charge in [0.05, 0.1) is 17.3 Å². The van der Waals surface area contributed by atoms with E-state index in [2.05, 4.69) is 0 Å². The molecule has 6 heteroatoms. The third-order valence-corrected chi connectivity index (χ3v) is 2.73. The Labute approximate surface area is 113 Å². The second kappa shape index (κ2) is 5.32. The Balaban J connectivity index is 2.42. The molecule has 0 radical (unpaired) electrons. The summed E-state index contributed by atoms with van der Waals surface area (Å²) >= 11 is 5.91. The highest BCUT2D eigenvalue weighted by atomic mass is 35.5. The zero-order chi connectivity index (χ0) is 14.0. The number of carbonyl (C=O) groups excluding carboxylic acids is 1. The number of benzene rings is 1. The van der Waals surface area contributed by atoms with Gasteiger partial charge < -0.3 is 14.9 Å². The number of hydrogen-bond donors (Lipinski definition) is 1. The van der Waals surface area contributed by atoms with Crippen LogP contribution in [-0.4, -0.2) is 12.6 Å². The van der Waals surface area contributed by atoms with Crippen molar-refractivity contribution in [2.75, 3.05) is 12.3 Å².